The van der Waals surface area contributed by atoms with Crippen LogP contribution in [0.25, 0.3) is 11.1 Å². The third kappa shape index (κ3) is 4.82. The lowest BCUT2D eigenvalue weighted by Gasteiger charge is -2.23. The van der Waals surface area contributed by atoms with Crippen molar-refractivity contribution in [3.05, 3.63) is 63.6 Å². The molecule has 2 aliphatic rings. The normalized spacial score (nSPS) is 18.2. The number of hydrogen-bond acceptors (Lipinski definition) is 5. The van der Waals surface area contributed by atoms with Gasteiger partial charge >= 0.3 is 5.76 Å². The van der Waals surface area contributed by atoms with E-state index in [9.17, 15) is 9.59 Å². The fraction of sp³-hybridized carbons (Fsp3) is 0.481. The number of ether oxygens (including phenoxy) is 1. The summed E-state index contributed by atoms with van der Waals surface area (Å²) < 4.78 is 12.8. The molecule has 3 aromatic rings. The second-order valence-corrected chi connectivity index (χ2v) is 16.6. The van der Waals surface area contributed by atoms with E-state index in [4.69, 9.17) is 9.15 Å². The highest BCUT2D eigenvalue weighted by Crippen LogP contribution is 2.37. The van der Waals surface area contributed by atoms with Crippen molar-refractivity contribution >= 4 is 30.8 Å². The van der Waals surface area contributed by atoms with Gasteiger partial charge in [0.25, 0.3) is 5.91 Å². The second-order valence-electron chi connectivity index (χ2n) is 11.0. The first kappa shape index (κ1) is 23.9. The van der Waals surface area contributed by atoms with Gasteiger partial charge in [-0.05, 0) is 67.3 Å². The van der Waals surface area contributed by atoms with Crippen molar-refractivity contribution in [1.29, 1.82) is 0 Å². The average Bonchev–Trinajstić information content (AvgIpc) is 3.51. The maximum atomic E-state index is 13.2. The predicted molar refractivity (Wildman–Crippen MR) is 141 cm³/mol. The number of amides is 1. The molecule has 0 bridgehead atoms. The zero-order chi connectivity index (χ0) is 24.7. The van der Waals surface area contributed by atoms with E-state index in [0.717, 1.165) is 35.8 Å². The third-order valence-electron chi connectivity index (χ3n) is 7.22. The number of rotatable bonds is 8. The summed E-state index contributed by atoms with van der Waals surface area (Å²) in [5.74, 6) is -0.368. The molecule has 1 aromatic heterocycles. The number of nitrogens with zero attached hydrogens (tertiary/aromatic N) is 3. The first-order valence-corrected chi connectivity index (χ1v) is 16.3. The Balaban J connectivity index is 1.31. The zero-order valence-corrected chi connectivity index (χ0v) is 22.2. The zero-order valence-electron chi connectivity index (χ0n) is 21.2. The first-order chi connectivity index (χ1) is 16.7. The van der Waals surface area contributed by atoms with Crippen LogP contribution in [0.4, 0.5) is 5.69 Å². The van der Waals surface area contributed by atoms with Gasteiger partial charge in [0.2, 0.25) is 0 Å². The number of carbonyl (C=O) groups is 1. The molecular formula is C27H35N3O4Si. The largest absolute Gasteiger partial charge is 0.421 e. The fourth-order valence-corrected chi connectivity index (χ4v) is 5.79. The van der Waals surface area contributed by atoms with E-state index < -0.39 is 13.8 Å². The number of benzene rings is 2. The quantitative estimate of drug-likeness (QED) is 0.318. The van der Waals surface area contributed by atoms with Gasteiger partial charge in [-0.3, -0.25) is 4.79 Å². The molecular weight excluding hydrogens is 458 g/mol. The molecule has 0 radical (unpaired) electrons. The fourth-order valence-electron chi connectivity index (χ4n) is 5.03. The van der Waals surface area contributed by atoms with Crippen LogP contribution < -0.4 is 10.7 Å². The Morgan fingerprint density at radius 2 is 1.83 bits per heavy atom. The van der Waals surface area contributed by atoms with Gasteiger partial charge < -0.3 is 19.0 Å². The molecule has 0 spiro atoms. The Morgan fingerprint density at radius 3 is 2.57 bits per heavy atom. The molecule has 186 valence electrons. The summed E-state index contributed by atoms with van der Waals surface area (Å²) in [6.07, 6.45) is 2.45. The van der Waals surface area contributed by atoms with Gasteiger partial charge in [-0.25, -0.2) is 9.36 Å². The van der Waals surface area contributed by atoms with E-state index in [0.29, 0.717) is 24.3 Å². The van der Waals surface area contributed by atoms with E-state index in [1.807, 2.05) is 29.2 Å². The summed E-state index contributed by atoms with van der Waals surface area (Å²) in [5, 5.41) is 0. The lowest BCUT2D eigenvalue weighted by molar-refractivity contribution is 0.0723. The molecule has 1 amide bonds. The average molecular weight is 494 g/mol. The number of fused-ring (bicyclic) bond motifs is 2. The Morgan fingerprint density at radius 1 is 1.06 bits per heavy atom. The standard InChI is InChI=1S/C27H35N3O4Si/c1-19-23-16-21(28-11-5-6-12-28)8-9-22(23)26(31)29(19)17-20-7-10-24-25(15-20)34-27(32)30(24)18-33-13-14-35(2,3)4/h7-10,15-16,19H,5-6,11-14,17-18H2,1-4H3. The van der Waals surface area contributed by atoms with E-state index in [2.05, 4.69) is 43.6 Å². The van der Waals surface area contributed by atoms with Crippen molar-refractivity contribution in [2.24, 2.45) is 0 Å². The van der Waals surface area contributed by atoms with Gasteiger partial charge in [-0.2, -0.15) is 0 Å². The summed E-state index contributed by atoms with van der Waals surface area (Å²) in [5.41, 5.74) is 5.26. The number of carbonyl (C=O) groups excluding carboxylic acids is 1. The lowest BCUT2D eigenvalue weighted by atomic mass is 10.0. The molecule has 0 saturated carbocycles. The molecule has 5 rings (SSSR count). The number of aromatic nitrogens is 1. The number of anilines is 1. The van der Waals surface area contributed by atoms with Crippen LogP contribution in [0, 0.1) is 0 Å². The molecule has 2 aliphatic heterocycles. The monoisotopic (exact) mass is 493 g/mol. The van der Waals surface area contributed by atoms with Crippen LogP contribution >= 0.6 is 0 Å². The van der Waals surface area contributed by atoms with Crippen molar-refractivity contribution in [2.45, 2.75) is 64.8 Å². The van der Waals surface area contributed by atoms with Gasteiger partial charge in [0, 0.05) is 45.6 Å². The number of hydrogen-bond donors (Lipinski definition) is 0. The smallest absolute Gasteiger partial charge is 0.408 e. The van der Waals surface area contributed by atoms with Crippen LogP contribution in [0.1, 0.15) is 47.3 Å². The van der Waals surface area contributed by atoms with Crippen molar-refractivity contribution in [3.8, 4) is 0 Å². The first-order valence-electron chi connectivity index (χ1n) is 12.6. The minimum atomic E-state index is -1.19. The van der Waals surface area contributed by atoms with Gasteiger partial charge in [-0.15, -0.1) is 0 Å². The molecule has 1 saturated heterocycles. The number of oxazole rings is 1. The second kappa shape index (κ2) is 9.31. The van der Waals surface area contributed by atoms with E-state index >= 15 is 0 Å². The summed E-state index contributed by atoms with van der Waals surface area (Å²) >= 11 is 0. The molecule has 2 aromatic carbocycles. The van der Waals surface area contributed by atoms with E-state index in [1.54, 1.807) is 0 Å². The van der Waals surface area contributed by atoms with Crippen LogP contribution in [0.2, 0.25) is 25.7 Å². The summed E-state index contributed by atoms with van der Waals surface area (Å²) in [6.45, 7) is 12.4. The van der Waals surface area contributed by atoms with Crippen molar-refractivity contribution in [2.75, 3.05) is 24.6 Å². The molecule has 1 fully saturated rings. The topological polar surface area (TPSA) is 67.9 Å². The van der Waals surface area contributed by atoms with Gasteiger partial charge in [0.15, 0.2) is 5.58 Å². The Kier molecular flexibility index (Phi) is 6.35. The Hall–Kier alpha value is -2.84. The summed E-state index contributed by atoms with van der Waals surface area (Å²) in [4.78, 5) is 29.9. The molecule has 0 aliphatic carbocycles. The third-order valence-corrected chi connectivity index (χ3v) is 8.92. The molecule has 35 heavy (non-hydrogen) atoms. The maximum Gasteiger partial charge on any atom is 0.421 e. The highest BCUT2D eigenvalue weighted by Gasteiger charge is 2.34. The molecule has 3 heterocycles. The van der Waals surface area contributed by atoms with Crippen LogP contribution in [0.3, 0.4) is 0 Å². The van der Waals surface area contributed by atoms with Crippen LogP contribution in [-0.2, 0) is 18.0 Å². The Bertz CT molecular complexity index is 1300. The van der Waals surface area contributed by atoms with Crippen LogP contribution in [0.5, 0.6) is 0 Å². The van der Waals surface area contributed by atoms with Gasteiger partial charge in [0.1, 0.15) is 6.73 Å². The molecule has 1 atom stereocenters. The van der Waals surface area contributed by atoms with Gasteiger partial charge in [0.05, 0.1) is 11.6 Å². The highest BCUT2D eigenvalue weighted by atomic mass is 28.3. The SMILES string of the molecule is CC1c2cc(N3CCCC3)ccc2C(=O)N1Cc1ccc2c(c1)oc(=O)n2COCC[Si](C)(C)C. The molecule has 7 nitrogen and oxygen atoms in total. The van der Waals surface area contributed by atoms with E-state index in [1.165, 1.54) is 23.1 Å². The van der Waals surface area contributed by atoms with Gasteiger partial charge in [-0.1, -0.05) is 25.7 Å². The maximum absolute atomic E-state index is 13.2. The molecule has 0 N–H and O–H groups in total. The predicted octanol–water partition coefficient (Wildman–Crippen LogP) is 5.22. The van der Waals surface area contributed by atoms with E-state index in [-0.39, 0.29) is 18.7 Å². The highest BCUT2D eigenvalue weighted by molar-refractivity contribution is 6.76. The summed E-state index contributed by atoms with van der Waals surface area (Å²) in [6, 6.07) is 13.0. The Labute approximate surface area is 207 Å². The molecule has 1 unspecified atom stereocenters. The lowest BCUT2D eigenvalue weighted by Crippen LogP contribution is -2.26. The minimum absolute atomic E-state index is 0.00729. The van der Waals surface area contributed by atoms with Crippen LogP contribution in [-0.4, -0.2) is 43.1 Å². The van der Waals surface area contributed by atoms with Crippen molar-refractivity contribution in [3.63, 3.8) is 0 Å². The molecule has 8 heteroatoms. The van der Waals surface area contributed by atoms with Crippen LogP contribution in [0.15, 0.2) is 45.6 Å². The van der Waals surface area contributed by atoms with Crippen molar-refractivity contribution in [1.82, 2.24) is 9.47 Å². The van der Waals surface area contributed by atoms with Crippen molar-refractivity contribution < 1.29 is 13.9 Å². The summed E-state index contributed by atoms with van der Waals surface area (Å²) in [7, 11) is -1.19. The minimum Gasteiger partial charge on any atom is -0.408 e.